The van der Waals surface area contributed by atoms with Gasteiger partial charge in [-0.05, 0) is 17.7 Å². The van der Waals surface area contributed by atoms with Crippen molar-refractivity contribution in [1.82, 2.24) is 4.90 Å². The summed E-state index contributed by atoms with van der Waals surface area (Å²) < 4.78 is 32.3. The van der Waals surface area contributed by atoms with Gasteiger partial charge in [-0.1, -0.05) is 12.7 Å². The molecule has 1 aliphatic rings. The summed E-state index contributed by atoms with van der Waals surface area (Å²) in [6.45, 7) is 2.92. The monoisotopic (exact) mass is 297 g/mol. The lowest BCUT2D eigenvalue weighted by atomic mass is 9.93. The molecule has 1 N–H and O–H groups in total. The van der Waals surface area contributed by atoms with E-state index >= 15 is 0 Å². The fourth-order valence-corrected chi connectivity index (χ4v) is 2.24. The summed E-state index contributed by atoms with van der Waals surface area (Å²) in [7, 11) is 0. The third-order valence-electron chi connectivity index (χ3n) is 3.26. The summed E-state index contributed by atoms with van der Waals surface area (Å²) in [5.74, 6) is -2.67. The molecule has 1 unspecified atom stereocenters. The Labute approximate surface area is 119 Å². The van der Waals surface area contributed by atoms with Crippen molar-refractivity contribution < 1.29 is 28.2 Å². The van der Waals surface area contributed by atoms with Crippen LogP contribution in [0.5, 0.6) is 0 Å². The number of carboxylic acid groups (broad SMARTS) is 1. The molecular formula is C14H13F2NO4. The molecule has 1 amide bonds. The van der Waals surface area contributed by atoms with Crippen molar-refractivity contribution in [2.75, 3.05) is 6.61 Å². The predicted octanol–water partition coefficient (Wildman–Crippen LogP) is 2.10. The number of fused-ring (bicyclic) bond motifs is 1. The van der Waals surface area contributed by atoms with Gasteiger partial charge in [0.05, 0.1) is 6.54 Å². The van der Waals surface area contributed by atoms with Gasteiger partial charge >= 0.3 is 12.1 Å². The third kappa shape index (κ3) is 2.86. The Kier molecular flexibility index (Phi) is 4.21. The van der Waals surface area contributed by atoms with Crippen LogP contribution in [0.2, 0.25) is 0 Å². The van der Waals surface area contributed by atoms with Crippen LogP contribution in [0.15, 0.2) is 24.8 Å². The number of halogens is 2. The molecule has 1 heterocycles. The van der Waals surface area contributed by atoms with Crippen LogP contribution in [-0.4, -0.2) is 34.7 Å². The van der Waals surface area contributed by atoms with Gasteiger partial charge in [-0.3, -0.25) is 4.90 Å². The number of carboxylic acids is 1. The maximum Gasteiger partial charge on any atom is 0.411 e. The van der Waals surface area contributed by atoms with Crippen LogP contribution >= 0.6 is 0 Å². The lowest BCUT2D eigenvalue weighted by Crippen LogP contribution is -2.49. The first-order chi connectivity index (χ1) is 9.95. The number of hydrogen-bond donors (Lipinski definition) is 1. The molecule has 21 heavy (non-hydrogen) atoms. The predicted molar refractivity (Wildman–Crippen MR) is 68.6 cm³/mol. The molecule has 1 aromatic rings. The van der Waals surface area contributed by atoms with Crippen molar-refractivity contribution in [3.63, 3.8) is 0 Å². The van der Waals surface area contributed by atoms with Gasteiger partial charge in [0.25, 0.3) is 0 Å². The number of carbonyl (C=O) groups is 2. The van der Waals surface area contributed by atoms with Crippen molar-refractivity contribution in [1.29, 1.82) is 0 Å². The van der Waals surface area contributed by atoms with Gasteiger partial charge in [0.15, 0.2) is 0 Å². The molecule has 1 aliphatic heterocycles. The van der Waals surface area contributed by atoms with E-state index in [0.717, 1.165) is 17.0 Å². The van der Waals surface area contributed by atoms with Gasteiger partial charge in [0, 0.05) is 12.0 Å². The topological polar surface area (TPSA) is 66.8 Å². The number of hydrogen-bond acceptors (Lipinski definition) is 3. The normalized spacial score (nSPS) is 17.0. The van der Waals surface area contributed by atoms with E-state index in [2.05, 4.69) is 6.58 Å². The second kappa shape index (κ2) is 5.90. The maximum atomic E-state index is 13.8. The van der Waals surface area contributed by atoms with E-state index in [4.69, 9.17) is 4.74 Å². The minimum atomic E-state index is -1.31. The van der Waals surface area contributed by atoms with Crippen LogP contribution in [0.4, 0.5) is 13.6 Å². The first kappa shape index (κ1) is 15.0. The minimum Gasteiger partial charge on any atom is -0.480 e. The van der Waals surface area contributed by atoms with Crippen LogP contribution in [0.1, 0.15) is 11.1 Å². The molecule has 0 spiro atoms. The zero-order valence-corrected chi connectivity index (χ0v) is 11.0. The van der Waals surface area contributed by atoms with Crippen LogP contribution < -0.4 is 0 Å². The molecule has 7 heteroatoms. The van der Waals surface area contributed by atoms with E-state index in [9.17, 15) is 23.5 Å². The highest BCUT2D eigenvalue weighted by Crippen LogP contribution is 2.28. The standard InChI is InChI=1S/C14H13F2NO4/c1-2-5-21-14(20)17-7-9-8(6-12(17)13(18)19)10(15)3-4-11(9)16/h2-4,12H,1,5-7H2,(H,18,19). The number of ether oxygens (including phenoxy) is 1. The van der Waals surface area contributed by atoms with Crippen LogP contribution in [0, 0.1) is 11.6 Å². The number of nitrogens with zero attached hydrogens (tertiary/aromatic N) is 1. The molecule has 2 rings (SSSR count). The van der Waals surface area contributed by atoms with Crippen molar-refractivity contribution in [2.45, 2.75) is 19.0 Å². The summed E-state index contributed by atoms with van der Waals surface area (Å²) in [6.07, 6.45) is 0.111. The Balaban J connectivity index is 2.37. The Morgan fingerprint density at radius 2 is 2.00 bits per heavy atom. The number of aliphatic carboxylic acids is 1. The Hall–Kier alpha value is -2.44. The lowest BCUT2D eigenvalue weighted by molar-refractivity contribution is -0.143. The average Bonchev–Trinajstić information content (AvgIpc) is 2.47. The molecule has 0 fully saturated rings. The van der Waals surface area contributed by atoms with Gasteiger partial charge in [-0.2, -0.15) is 0 Å². The molecule has 0 aromatic heterocycles. The average molecular weight is 297 g/mol. The van der Waals surface area contributed by atoms with Gasteiger partial charge in [0.1, 0.15) is 24.3 Å². The zero-order valence-electron chi connectivity index (χ0n) is 11.0. The van der Waals surface area contributed by atoms with Crippen molar-refractivity contribution in [3.05, 3.63) is 47.5 Å². The Morgan fingerprint density at radius 1 is 1.38 bits per heavy atom. The Morgan fingerprint density at radius 3 is 2.57 bits per heavy atom. The smallest absolute Gasteiger partial charge is 0.411 e. The van der Waals surface area contributed by atoms with Crippen molar-refractivity contribution in [3.8, 4) is 0 Å². The van der Waals surface area contributed by atoms with E-state index in [0.29, 0.717) is 0 Å². The highest BCUT2D eigenvalue weighted by atomic mass is 19.1. The molecule has 5 nitrogen and oxygen atoms in total. The summed E-state index contributed by atoms with van der Waals surface area (Å²) in [6, 6.07) is 0.590. The summed E-state index contributed by atoms with van der Waals surface area (Å²) in [5.41, 5.74) is -0.0433. The van der Waals surface area contributed by atoms with Crippen molar-refractivity contribution in [2.24, 2.45) is 0 Å². The van der Waals surface area contributed by atoms with E-state index in [1.807, 2.05) is 0 Å². The largest absolute Gasteiger partial charge is 0.480 e. The van der Waals surface area contributed by atoms with E-state index in [1.54, 1.807) is 0 Å². The number of amides is 1. The number of carbonyl (C=O) groups excluding carboxylic acids is 1. The van der Waals surface area contributed by atoms with Gasteiger partial charge in [-0.25, -0.2) is 18.4 Å². The summed E-state index contributed by atoms with van der Waals surface area (Å²) in [4.78, 5) is 24.0. The third-order valence-corrected chi connectivity index (χ3v) is 3.26. The second-order valence-corrected chi connectivity index (χ2v) is 4.54. The van der Waals surface area contributed by atoms with Crippen LogP contribution in [-0.2, 0) is 22.5 Å². The van der Waals surface area contributed by atoms with Gasteiger partial charge in [-0.15, -0.1) is 0 Å². The van der Waals surface area contributed by atoms with Crippen molar-refractivity contribution >= 4 is 12.1 Å². The molecule has 0 bridgehead atoms. The zero-order chi connectivity index (χ0) is 15.6. The second-order valence-electron chi connectivity index (χ2n) is 4.54. The molecular weight excluding hydrogens is 284 g/mol. The SMILES string of the molecule is C=CCOC(=O)N1Cc2c(F)ccc(F)c2CC1C(=O)O. The molecule has 0 saturated heterocycles. The molecule has 1 atom stereocenters. The summed E-state index contributed by atoms with van der Waals surface area (Å²) >= 11 is 0. The fraction of sp³-hybridized carbons (Fsp3) is 0.286. The lowest BCUT2D eigenvalue weighted by Gasteiger charge is -2.33. The molecule has 0 radical (unpaired) electrons. The quantitative estimate of drug-likeness (QED) is 0.868. The van der Waals surface area contributed by atoms with Gasteiger partial charge in [0.2, 0.25) is 0 Å². The highest BCUT2D eigenvalue weighted by molar-refractivity contribution is 5.81. The Bertz CT molecular complexity index is 603. The minimum absolute atomic E-state index is 0.0184. The van der Waals surface area contributed by atoms with E-state index in [1.165, 1.54) is 6.08 Å². The molecule has 112 valence electrons. The summed E-state index contributed by atoms with van der Waals surface area (Å²) in [5, 5.41) is 9.18. The first-order valence-corrected chi connectivity index (χ1v) is 6.18. The number of benzene rings is 1. The first-order valence-electron chi connectivity index (χ1n) is 6.18. The van der Waals surface area contributed by atoms with Gasteiger partial charge < -0.3 is 9.84 Å². The fourth-order valence-electron chi connectivity index (χ4n) is 2.24. The number of rotatable bonds is 3. The van der Waals surface area contributed by atoms with Crippen LogP contribution in [0.3, 0.4) is 0 Å². The van der Waals surface area contributed by atoms with E-state index in [-0.39, 0.29) is 30.7 Å². The molecule has 0 aliphatic carbocycles. The van der Waals surface area contributed by atoms with Crippen LogP contribution in [0.25, 0.3) is 0 Å². The molecule has 1 aromatic carbocycles. The highest BCUT2D eigenvalue weighted by Gasteiger charge is 2.37. The maximum absolute atomic E-state index is 13.8. The van der Waals surface area contributed by atoms with E-state index < -0.39 is 29.7 Å². The molecule has 0 saturated carbocycles.